The summed E-state index contributed by atoms with van der Waals surface area (Å²) in [4.78, 5) is 27.0. The van der Waals surface area contributed by atoms with Gasteiger partial charge in [0.2, 0.25) is 0 Å². The highest BCUT2D eigenvalue weighted by molar-refractivity contribution is 7.17. The first-order valence-corrected chi connectivity index (χ1v) is 11.3. The second kappa shape index (κ2) is 8.49. The van der Waals surface area contributed by atoms with Crippen LogP contribution in [-0.2, 0) is 12.8 Å². The summed E-state index contributed by atoms with van der Waals surface area (Å²) in [5.74, 6) is 0.221. The fraction of sp³-hybridized carbons (Fsp3) is 0.478. The van der Waals surface area contributed by atoms with Gasteiger partial charge < -0.3 is 10.6 Å². The van der Waals surface area contributed by atoms with Gasteiger partial charge in [-0.15, -0.1) is 11.3 Å². The quantitative estimate of drug-likeness (QED) is 0.627. The number of halogens is 1. The Morgan fingerprint density at radius 2 is 1.79 bits per heavy atom. The molecule has 3 rings (SSSR count). The molecule has 1 aliphatic carbocycles. The van der Waals surface area contributed by atoms with Gasteiger partial charge in [-0.3, -0.25) is 9.59 Å². The van der Waals surface area contributed by atoms with Crippen molar-refractivity contribution >= 4 is 39.8 Å². The number of rotatable bonds is 4. The van der Waals surface area contributed by atoms with E-state index in [1.54, 1.807) is 35.6 Å². The Morgan fingerprint density at radius 3 is 2.38 bits per heavy atom. The van der Waals surface area contributed by atoms with Crippen LogP contribution in [0.5, 0.6) is 0 Å². The highest BCUT2D eigenvalue weighted by Crippen LogP contribution is 2.44. The molecule has 156 valence electrons. The molecule has 1 atom stereocenters. The average Bonchev–Trinajstić information content (AvgIpc) is 2.97. The SMILES string of the molecule is CC(C)NC(=O)c1c(NC(=O)c2ccc(Cl)cc2)sc2c1CCC(C(C)(C)C)C2. The molecule has 1 aliphatic rings. The van der Waals surface area contributed by atoms with Crippen molar-refractivity contribution in [2.45, 2.75) is 59.9 Å². The monoisotopic (exact) mass is 432 g/mol. The van der Waals surface area contributed by atoms with Gasteiger partial charge in [0.1, 0.15) is 5.00 Å². The standard InChI is InChI=1S/C23H29ClN2O2S/c1-13(2)25-21(28)19-17-11-8-15(23(3,4)5)12-18(17)29-22(19)26-20(27)14-6-9-16(24)10-7-14/h6-7,9-10,13,15H,8,11-12H2,1-5H3,(H,25,28)(H,26,27). The molecule has 2 aromatic rings. The van der Waals surface area contributed by atoms with Crippen LogP contribution in [0, 0.1) is 11.3 Å². The maximum atomic E-state index is 13.0. The number of benzene rings is 1. The number of fused-ring (bicyclic) bond motifs is 1. The van der Waals surface area contributed by atoms with Crippen molar-refractivity contribution in [3.8, 4) is 0 Å². The largest absolute Gasteiger partial charge is 0.350 e. The summed E-state index contributed by atoms with van der Waals surface area (Å²) in [6, 6.07) is 6.79. The van der Waals surface area contributed by atoms with E-state index in [2.05, 4.69) is 31.4 Å². The minimum atomic E-state index is -0.230. The lowest BCUT2D eigenvalue weighted by Crippen LogP contribution is -2.32. The predicted molar refractivity (Wildman–Crippen MR) is 121 cm³/mol. The summed E-state index contributed by atoms with van der Waals surface area (Å²) in [5, 5.41) is 7.21. The molecule has 2 amide bonds. The minimum absolute atomic E-state index is 0.0313. The van der Waals surface area contributed by atoms with E-state index >= 15 is 0 Å². The zero-order chi connectivity index (χ0) is 21.3. The molecule has 0 saturated carbocycles. The van der Waals surface area contributed by atoms with Crippen LogP contribution < -0.4 is 10.6 Å². The minimum Gasteiger partial charge on any atom is -0.350 e. The Bertz CT molecular complexity index is 910. The van der Waals surface area contributed by atoms with Crippen LogP contribution in [0.25, 0.3) is 0 Å². The second-order valence-corrected chi connectivity index (χ2v) is 10.6. The van der Waals surface area contributed by atoms with Gasteiger partial charge in [0, 0.05) is 21.5 Å². The van der Waals surface area contributed by atoms with E-state index in [0.29, 0.717) is 27.1 Å². The first kappa shape index (κ1) is 21.8. The summed E-state index contributed by atoms with van der Waals surface area (Å²) >= 11 is 7.47. The van der Waals surface area contributed by atoms with Crippen molar-refractivity contribution in [2.75, 3.05) is 5.32 Å². The first-order chi connectivity index (χ1) is 13.6. The predicted octanol–water partition coefficient (Wildman–Crippen LogP) is 5.94. The number of hydrogen-bond donors (Lipinski definition) is 2. The van der Waals surface area contributed by atoms with Crippen LogP contribution in [0.2, 0.25) is 5.02 Å². The molecule has 0 radical (unpaired) electrons. The molecule has 4 nitrogen and oxygen atoms in total. The van der Waals surface area contributed by atoms with Crippen molar-refractivity contribution in [3.05, 3.63) is 50.9 Å². The average molecular weight is 433 g/mol. The van der Waals surface area contributed by atoms with Gasteiger partial charge in [-0.05, 0) is 74.3 Å². The first-order valence-electron chi connectivity index (χ1n) is 10.1. The number of carbonyl (C=O) groups excluding carboxylic acids is 2. The van der Waals surface area contributed by atoms with Crippen LogP contribution in [0.4, 0.5) is 5.00 Å². The highest BCUT2D eigenvalue weighted by Gasteiger charge is 2.34. The van der Waals surface area contributed by atoms with Gasteiger partial charge in [0.15, 0.2) is 0 Å². The van der Waals surface area contributed by atoms with Crippen molar-refractivity contribution in [1.29, 1.82) is 0 Å². The number of amides is 2. The third kappa shape index (κ3) is 5.01. The van der Waals surface area contributed by atoms with Crippen molar-refractivity contribution in [3.63, 3.8) is 0 Å². The second-order valence-electron chi connectivity index (χ2n) is 9.10. The third-order valence-electron chi connectivity index (χ3n) is 5.47. The van der Waals surface area contributed by atoms with Gasteiger partial charge >= 0.3 is 0 Å². The summed E-state index contributed by atoms with van der Waals surface area (Å²) in [6.07, 6.45) is 2.87. The van der Waals surface area contributed by atoms with E-state index in [4.69, 9.17) is 11.6 Å². The van der Waals surface area contributed by atoms with Gasteiger partial charge in [-0.25, -0.2) is 0 Å². The fourth-order valence-corrected chi connectivity index (χ4v) is 5.21. The molecular formula is C23H29ClN2O2S. The Labute approximate surface area is 182 Å². The van der Waals surface area contributed by atoms with Crippen LogP contribution in [0.15, 0.2) is 24.3 Å². The number of hydrogen-bond acceptors (Lipinski definition) is 3. The molecule has 1 heterocycles. The molecule has 0 aliphatic heterocycles. The molecule has 0 saturated heterocycles. The smallest absolute Gasteiger partial charge is 0.256 e. The lowest BCUT2D eigenvalue weighted by Gasteiger charge is -2.33. The zero-order valence-corrected chi connectivity index (χ0v) is 19.3. The summed E-state index contributed by atoms with van der Waals surface area (Å²) < 4.78 is 0. The van der Waals surface area contributed by atoms with E-state index in [0.717, 1.165) is 24.8 Å². The Balaban J connectivity index is 1.95. The molecule has 29 heavy (non-hydrogen) atoms. The Morgan fingerprint density at radius 1 is 1.14 bits per heavy atom. The van der Waals surface area contributed by atoms with E-state index in [1.807, 2.05) is 13.8 Å². The molecule has 1 unspecified atom stereocenters. The van der Waals surface area contributed by atoms with E-state index in [-0.39, 0.29) is 23.3 Å². The van der Waals surface area contributed by atoms with Crippen LogP contribution >= 0.6 is 22.9 Å². The van der Waals surface area contributed by atoms with Gasteiger partial charge in [-0.2, -0.15) is 0 Å². The van der Waals surface area contributed by atoms with Crippen molar-refractivity contribution in [2.24, 2.45) is 11.3 Å². The Hall–Kier alpha value is -1.85. The van der Waals surface area contributed by atoms with Crippen LogP contribution in [0.1, 0.15) is 72.2 Å². The van der Waals surface area contributed by atoms with Crippen molar-refractivity contribution in [1.82, 2.24) is 5.32 Å². The van der Waals surface area contributed by atoms with E-state index in [1.165, 1.54) is 4.88 Å². The van der Waals surface area contributed by atoms with Gasteiger partial charge in [-0.1, -0.05) is 32.4 Å². The van der Waals surface area contributed by atoms with Crippen molar-refractivity contribution < 1.29 is 9.59 Å². The molecule has 2 N–H and O–H groups in total. The molecular weight excluding hydrogens is 404 g/mol. The number of thiophene rings is 1. The highest BCUT2D eigenvalue weighted by atomic mass is 35.5. The molecule has 6 heteroatoms. The Kier molecular flexibility index (Phi) is 6.39. The zero-order valence-electron chi connectivity index (χ0n) is 17.7. The number of nitrogens with one attached hydrogen (secondary N) is 2. The summed E-state index contributed by atoms with van der Waals surface area (Å²) in [7, 11) is 0. The molecule has 0 spiro atoms. The molecule has 0 bridgehead atoms. The van der Waals surface area contributed by atoms with Gasteiger partial charge in [0.05, 0.1) is 5.56 Å². The lowest BCUT2D eigenvalue weighted by atomic mass is 9.72. The molecule has 1 aromatic carbocycles. The normalized spacial score (nSPS) is 16.4. The van der Waals surface area contributed by atoms with E-state index in [9.17, 15) is 9.59 Å². The molecule has 1 aromatic heterocycles. The van der Waals surface area contributed by atoms with E-state index < -0.39 is 0 Å². The maximum Gasteiger partial charge on any atom is 0.256 e. The third-order valence-corrected chi connectivity index (χ3v) is 6.89. The maximum absolute atomic E-state index is 13.0. The van der Waals surface area contributed by atoms with Crippen LogP contribution in [0.3, 0.4) is 0 Å². The summed E-state index contributed by atoms with van der Waals surface area (Å²) in [5.41, 5.74) is 2.46. The summed E-state index contributed by atoms with van der Waals surface area (Å²) in [6.45, 7) is 10.7. The number of anilines is 1. The van der Waals surface area contributed by atoms with Crippen LogP contribution in [-0.4, -0.2) is 17.9 Å². The molecule has 0 fully saturated rings. The lowest BCUT2D eigenvalue weighted by molar-refractivity contribution is 0.0943. The number of carbonyl (C=O) groups is 2. The topological polar surface area (TPSA) is 58.2 Å². The van der Waals surface area contributed by atoms with Gasteiger partial charge in [0.25, 0.3) is 11.8 Å². The fourth-order valence-electron chi connectivity index (χ4n) is 3.76.